The zero-order valence-corrected chi connectivity index (χ0v) is 68.9. The van der Waals surface area contributed by atoms with Crippen LogP contribution >= 0.6 is 0 Å². The molecule has 2 aliphatic rings. The number of unbranched alkanes of at least 4 members (excludes halogenated alkanes) is 8. The molecule has 0 aliphatic heterocycles. The molecular weight excluding hydrogens is 1330 g/mol. The summed E-state index contributed by atoms with van der Waals surface area (Å²) in [5.74, 6) is 129. The summed E-state index contributed by atoms with van der Waals surface area (Å²) in [7, 11) is 0. The first-order valence-electron chi connectivity index (χ1n) is 39.6. The first-order chi connectivity index (χ1) is 53.5. The minimum Gasteiger partial charge on any atom is -0.412 e. The smallest absolute Gasteiger partial charge is 0.162 e. The van der Waals surface area contributed by atoms with Crippen molar-refractivity contribution in [3.8, 4) is 309 Å². The largest absolute Gasteiger partial charge is 0.412 e. The standard InChI is InChI=1S/C27H50O.C27H54.2C27H4.H2O.H2/c1-7-13-16-21-27(20-11-5)24(18-14-8-2)23(17-10-4)22(12-6)26(28)25(27)19-15-9-3;1-7-13-16-21-27(20-11-5)24(18-14-8-2)22-23(12-6)25(17-10-4)26(27)19-15-9-3;2*1-3-5-7-9-11-13-15-17-19-21-23-25-27-26-24-22-20-18-16-14-12-10-8-6-4-2;;/h24-25H,7-21H2,1-6H3;23-26H,7-22H2,1-6H3;2*1H,2H3;1H2;1H. The molecule has 1 fully saturated rings. The summed E-state index contributed by atoms with van der Waals surface area (Å²) in [5, 5.41) is 0. The van der Waals surface area contributed by atoms with Crippen molar-refractivity contribution in [2.45, 2.75) is 296 Å². The Morgan fingerprint density at radius 3 is 0.909 bits per heavy atom. The van der Waals surface area contributed by atoms with E-state index >= 15 is 0 Å². The molecule has 2 rings (SSSR count). The average molecular weight is 1450 g/mol. The number of Topliss-reactive ketones (excluding diaryl/α,β-unsaturated/α-hetero) is 1. The second-order valence-electron chi connectivity index (χ2n) is 25.7. The molecule has 0 bridgehead atoms. The van der Waals surface area contributed by atoms with E-state index in [1.165, 1.54) is 179 Å². The van der Waals surface area contributed by atoms with Gasteiger partial charge in [0.1, 0.15) is 0 Å². The third kappa shape index (κ3) is 48.2. The van der Waals surface area contributed by atoms with Crippen LogP contribution in [0.1, 0.15) is 297 Å². The highest BCUT2D eigenvalue weighted by molar-refractivity contribution is 5.99. The highest BCUT2D eigenvalue weighted by atomic mass is 16.1. The van der Waals surface area contributed by atoms with E-state index in [-0.39, 0.29) is 18.2 Å². The van der Waals surface area contributed by atoms with E-state index in [0.717, 1.165) is 42.9 Å². The van der Waals surface area contributed by atoms with Crippen molar-refractivity contribution in [1.82, 2.24) is 0 Å². The number of carbonyl (C=O) groups is 1. The molecule has 0 saturated heterocycles. The molecule has 0 aromatic carbocycles. The quantitative estimate of drug-likeness (QED) is 0.0522. The topological polar surface area (TPSA) is 48.6 Å². The van der Waals surface area contributed by atoms with E-state index in [4.69, 9.17) is 12.8 Å². The molecule has 1 saturated carbocycles. The van der Waals surface area contributed by atoms with Crippen LogP contribution in [0.25, 0.3) is 0 Å². The molecular formula is C108H116O2. The molecule has 110 heavy (non-hydrogen) atoms. The first kappa shape index (κ1) is 102. The minimum absolute atomic E-state index is 0. The van der Waals surface area contributed by atoms with E-state index in [1.54, 1.807) is 25.8 Å². The van der Waals surface area contributed by atoms with E-state index in [0.29, 0.717) is 17.1 Å². The number of hydrogen-bond acceptors (Lipinski definition) is 1. The van der Waals surface area contributed by atoms with Crippen LogP contribution in [0.4, 0.5) is 0 Å². The van der Waals surface area contributed by atoms with E-state index in [9.17, 15) is 4.79 Å². The van der Waals surface area contributed by atoms with Crippen LogP contribution in [0.2, 0.25) is 0 Å². The maximum absolute atomic E-state index is 13.8. The molecule has 0 spiro atoms. The van der Waals surface area contributed by atoms with E-state index in [2.05, 4.69) is 379 Å². The van der Waals surface area contributed by atoms with Gasteiger partial charge >= 0.3 is 0 Å². The molecule has 0 aromatic heterocycles. The van der Waals surface area contributed by atoms with Crippen molar-refractivity contribution in [3.05, 3.63) is 11.1 Å². The van der Waals surface area contributed by atoms with Gasteiger partial charge in [-0.2, -0.15) is 0 Å². The van der Waals surface area contributed by atoms with Gasteiger partial charge in [0.15, 0.2) is 5.78 Å². The molecule has 0 aromatic rings. The third-order valence-electron chi connectivity index (χ3n) is 18.6. The maximum atomic E-state index is 13.8. The summed E-state index contributed by atoms with van der Waals surface area (Å²) in [6.07, 6.45) is 51.4. The van der Waals surface area contributed by atoms with Gasteiger partial charge in [-0.05, 0) is 320 Å². The normalized spacial score (nSPS) is 16.1. The highest BCUT2D eigenvalue weighted by Gasteiger charge is 2.53. The van der Waals surface area contributed by atoms with Gasteiger partial charge in [-0.1, -0.05) is 229 Å². The van der Waals surface area contributed by atoms with Crippen LogP contribution in [-0.4, -0.2) is 11.3 Å². The molecule has 2 aliphatic carbocycles. The number of terminal acetylenes is 2. The van der Waals surface area contributed by atoms with Gasteiger partial charge in [0.05, 0.1) is 0 Å². The fourth-order valence-electron chi connectivity index (χ4n) is 14.6. The Kier molecular flexibility index (Phi) is 71.1. The molecule has 2 heteroatoms. The number of hydrogen-bond donors (Lipinski definition) is 0. The number of rotatable bonds is 30. The van der Waals surface area contributed by atoms with E-state index in [1.807, 2.05) is 0 Å². The molecule has 0 heterocycles. The predicted octanol–water partition coefficient (Wildman–Crippen LogP) is 19.6. The Bertz CT molecular complexity index is 4470. The molecule has 0 radical (unpaired) electrons. The SMILES string of the molecule is C#CC#CC#CC#CC#CC#CC#CC#CC#CC#CC#CC#CC#CC.C#CC#CC#CC#CC#CC#CC#CC#CC#CC#CC#CC#CC#CC.CCCCCC1(CCC)C(CCCC)C(=O)C(CC)=C(CCC)C1CCCC.CCCCCC1(CCC)C(CCCC)CC(CC)C(CCC)C1CCCC.O.[HH]. The lowest BCUT2D eigenvalue weighted by atomic mass is 9.48. The number of carbonyl (C=O) groups excluding carboxylic acids is 1. The minimum atomic E-state index is 0. The lowest BCUT2D eigenvalue weighted by molar-refractivity contribution is -0.128. The van der Waals surface area contributed by atoms with Gasteiger partial charge in [0, 0.05) is 102 Å². The predicted molar refractivity (Wildman–Crippen MR) is 470 cm³/mol. The Labute approximate surface area is 675 Å². The van der Waals surface area contributed by atoms with Crippen molar-refractivity contribution in [2.24, 2.45) is 46.3 Å². The van der Waals surface area contributed by atoms with Crippen LogP contribution < -0.4 is 0 Å². The highest BCUT2D eigenvalue weighted by Crippen LogP contribution is 2.61. The Morgan fingerprint density at radius 2 is 0.618 bits per heavy atom. The summed E-state index contributed by atoms with van der Waals surface area (Å²) in [5.41, 5.74) is 3.72. The summed E-state index contributed by atoms with van der Waals surface area (Å²) in [6, 6.07) is 0. The third-order valence-corrected chi connectivity index (χ3v) is 18.6. The molecule has 8 atom stereocenters. The van der Waals surface area contributed by atoms with Gasteiger partial charge < -0.3 is 5.48 Å². The molecule has 560 valence electrons. The maximum Gasteiger partial charge on any atom is 0.162 e. The molecule has 2 nitrogen and oxygen atoms in total. The Morgan fingerprint density at radius 1 is 0.318 bits per heavy atom. The second-order valence-corrected chi connectivity index (χ2v) is 25.7. The van der Waals surface area contributed by atoms with Crippen LogP contribution in [-0.2, 0) is 4.79 Å². The van der Waals surface area contributed by atoms with Crippen molar-refractivity contribution in [3.63, 3.8) is 0 Å². The van der Waals surface area contributed by atoms with Crippen LogP contribution in [0, 0.1) is 355 Å². The Balaban J connectivity index is -0.000000684. The summed E-state index contributed by atoms with van der Waals surface area (Å²) in [6.45, 7) is 31.7. The van der Waals surface area contributed by atoms with Gasteiger partial charge in [0.2, 0.25) is 0 Å². The summed E-state index contributed by atoms with van der Waals surface area (Å²) < 4.78 is 0. The number of allylic oxidation sites excluding steroid dienone is 2. The van der Waals surface area contributed by atoms with Crippen molar-refractivity contribution in [1.29, 1.82) is 0 Å². The summed E-state index contributed by atoms with van der Waals surface area (Å²) in [4.78, 5) is 13.8. The van der Waals surface area contributed by atoms with Gasteiger partial charge in [-0.25, -0.2) is 0 Å². The zero-order valence-electron chi connectivity index (χ0n) is 68.9. The van der Waals surface area contributed by atoms with Crippen molar-refractivity contribution >= 4 is 5.78 Å². The van der Waals surface area contributed by atoms with Gasteiger partial charge in [0.25, 0.3) is 0 Å². The average Bonchev–Trinajstić information content (AvgIpc) is 0.746. The lowest BCUT2D eigenvalue weighted by Gasteiger charge is -2.57. The van der Waals surface area contributed by atoms with Gasteiger partial charge in [-0.3, -0.25) is 4.79 Å². The Hall–Kier alpha value is -12.1. The fourth-order valence-corrected chi connectivity index (χ4v) is 14.6. The lowest BCUT2D eigenvalue weighted by Crippen LogP contribution is -2.49. The monoisotopic (exact) mass is 1440 g/mol. The fraction of sp³-hybridized carbons (Fsp3) is 0.491. The molecule has 0 amide bonds. The van der Waals surface area contributed by atoms with Crippen molar-refractivity contribution < 1.29 is 11.7 Å². The molecule has 2 N–H and O–H groups in total. The molecule has 8 unspecified atom stereocenters. The van der Waals surface area contributed by atoms with Crippen LogP contribution in [0.15, 0.2) is 11.1 Å². The van der Waals surface area contributed by atoms with Gasteiger partial charge in [-0.15, -0.1) is 12.8 Å². The first-order valence-corrected chi connectivity index (χ1v) is 39.6. The summed E-state index contributed by atoms with van der Waals surface area (Å²) >= 11 is 0. The number of ketones is 1. The van der Waals surface area contributed by atoms with Crippen LogP contribution in [0.3, 0.4) is 0 Å². The van der Waals surface area contributed by atoms with Crippen LogP contribution in [0.5, 0.6) is 0 Å². The zero-order chi connectivity index (χ0) is 80.5. The van der Waals surface area contributed by atoms with Crippen molar-refractivity contribution in [2.75, 3.05) is 0 Å². The second kappa shape index (κ2) is 76.6. The van der Waals surface area contributed by atoms with E-state index < -0.39 is 0 Å².